The summed E-state index contributed by atoms with van der Waals surface area (Å²) in [6, 6.07) is 8.34. The lowest BCUT2D eigenvalue weighted by Crippen LogP contribution is -2.44. The predicted octanol–water partition coefficient (Wildman–Crippen LogP) is 2.78. The Morgan fingerprint density at radius 1 is 1.17 bits per heavy atom. The minimum atomic E-state index is -0.358. The summed E-state index contributed by atoms with van der Waals surface area (Å²) in [5, 5.41) is 6.20. The molecule has 0 saturated carbocycles. The minimum absolute atomic E-state index is 0. The first kappa shape index (κ1) is 22.7. The van der Waals surface area contributed by atoms with Crippen molar-refractivity contribution < 1.29 is 4.79 Å². The highest BCUT2D eigenvalue weighted by molar-refractivity contribution is 14.0. The molecule has 0 aromatic heterocycles. The van der Waals surface area contributed by atoms with Gasteiger partial charge in [0.15, 0.2) is 5.96 Å². The first-order chi connectivity index (χ1) is 10.8. The Hall–Kier alpha value is -1.31. The van der Waals surface area contributed by atoms with E-state index in [0.717, 1.165) is 12.5 Å². The highest BCUT2D eigenvalue weighted by Gasteiger charge is 2.20. The van der Waals surface area contributed by atoms with Gasteiger partial charge in [-0.15, -0.1) is 24.0 Å². The van der Waals surface area contributed by atoms with Crippen molar-refractivity contribution in [2.75, 3.05) is 27.2 Å². The molecule has 24 heavy (non-hydrogen) atoms. The number of guanidine groups is 1. The molecule has 1 amide bonds. The van der Waals surface area contributed by atoms with Crippen LogP contribution in [0.1, 0.15) is 31.9 Å². The van der Waals surface area contributed by atoms with Crippen molar-refractivity contribution in [1.29, 1.82) is 0 Å². The second-order valence-corrected chi connectivity index (χ2v) is 6.76. The highest BCUT2D eigenvalue weighted by Crippen LogP contribution is 2.12. The monoisotopic (exact) mass is 446 g/mol. The van der Waals surface area contributed by atoms with Crippen molar-refractivity contribution >= 4 is 35.8 Å². The average molecular weight is 446 g/mol. The van der Waals surface area contributed by atoms with Crippen LogP contribution in [-0.4, -0.2) is 44.0 Å². The first-order valence-corrected chi connectivity index (χ1v) is 8.00. The van der Waals surface area contributed by atoms with Gasteiger partial charge in [0.25, 0.3) is 0 Å². The van der Waals surface area contributed by atoms with Gasteiger partial charge in [-0.2, -0.15) is 0 Å². The molecule has 0 aliphatic carbocycles. The maximum absolute atomic E-state index is 11.8. The summed E-state index contributed by atoms with van der Waals surface area (Å²) < 4.78 is 0. The van der Waals surface area contributed by atoms with E-state index in [4.69, 9.17) is 0 Å². The van der Waals surface area contributed by atoms with E-state index in [1.54, 1.807) is 7.05 Å². The molecular weight excluding hydrogens is 415 g/mol. The molecule has 0 saturated heterocycles. The molecule has 0 heterocycles. The van der Waals surface area contributed by atoms with Crippen LogP contribution < -0.4 is 10.6 Å². The topological polar surface area (TPSA) is 56.7 Å². The van der Waals surface area contributed by atoms with Gasteiger partial charge in [0.05, 0.1) is 0 Å². The molecule has 0 radical (unpaired) electrons. The molecule has 0 fully saturated rings. The molecule has 0 bridgehead atoms. The number of aryl methyl sites for hydroxylation is 1. The Morgan fingerprint density at radius 2 is 1.75 bits per heavy atom. The van der Waals surface area contributed by atoms with Crippen LogP contribution in [0.4, 0.5) is 0 Å². The Labute approximate surface area is 163 Å². The number of halogens is 1. The Morgan fingerprint density at radius 3 is 2.29 bits per heavy atom. The smallest absolute Gasteiger partial charge is 0.225 e. The van der Waals surface area contributed by atoms with Crippen LogP contribution in [0, 0.1) is 12.3 Å². The maximum Gasteiger partial charge on any atom is 0.225 e. The van der Waals surface area contributed by atoms with Gasteiger partial charge in [-0.05, 0) is 18.1 Å². The normalized spacial score (nSPS) is 11.5. The molecule has 0 aliphatic heterocycles. The SMILES string of the molecule is CN=C(NCCNC(=O)C(C)(C)C)N(C)Cc1ccccc1C.I. The van der Waals surface area contributed by atoms with Crippen LogP contribution in [0.2, 0.25) is 0 Å². The van der Waals surface area contributed by atoms with Crippen LogP contribution in [-0.2, 0) is 11.3 Å². The number of benzene rings is 1. The fourth-order valence-electron chi connectivity index (χ4n) is 2.12. The van der Waals surface area contributed by atoms with Crippen molar-refractivity contribution in [3.8, 4) is 0 Å². The summed E-state index contributed by atoms with van der Waals surface area (Å²) in [6.07, 6.45) is 0. The summed E-state index contributed by atoms with van der Waals surface area (Å²) >= 11 is 0. The number of hydrogen-bond donors (Lipinski definition) is 2. The molecule has 2 N–H and O–H groups in total. The summed E-state index contributed by atoms with van der Waals surface area (Å²) in [4.78, 5) is 18.2. The molecular formula is C18H31IN4O. The number of aliphatic imine (C=N–C) groups is 1. The molecule has 6 heteroatoms. The molecule has 0 unspecified atom stereocenters. The van der Waals surface area contributed by atoms with Gasteiger partial charge in [0, 0.05) is 39.1 Å². The van der Waals surface area contributed by atoms with E-state index >= 15 is 0 Å². The number of hydrogen-bond acceptors (Lipinski definition) is 2. The van der Waals surface area contributed by atoms with E-state index in [9.17, 15) is 4.79 Å². The van der Waals surface area contributed by atoms with Crippen molar-refractivity contribution in [2.24, 2.45) is 10.4 Å². The third kappa shape index (κ3) is 7.51. The summed E-state index contributed by atoms with van der Waals surface area (Å²) in [6.45, 7) is 9.85. The van der Waals surface area contributed by atoms with Crippen LogP contribution >= 0.6 is 24.0 Å². The highest BCUT2D eigenvalue weighted by atomic mass is 127. The largest absolute Gasteiger partial charge is 0.354 e. The maximum atomic E-state index is 11.8. The standard InChI is InChI=1S/C18H30N4O.HI/c1-14-9-7-8-10-15(14)13-22(6)17(19-5)21-12-11-20-16(23)18(2,3)4;/h7-10H,11-13H2,1-6H3,(H,19,21)(H,20,23);1H. The van der Waals surface area contributed by atoms with Gasteiger partial charge < -0.3 is 15.5 Å². The Balaban J connectivity index is 0.00000529. The van der Waals surface area contributed by atoms with Gasteiger partial charge >= 0.3 is 0 Å². The number of rotatable bonds is 5. The summed E-state index contributed by atoms with van der Waals surface area (Å²) in [5.74, 6) is 0.876. The van der Waals surface area contributed by atoms with Gasteiger partial charge in [0.1, 0.15) is 0 Å². The zero-order valence-electron chi connectivity index (χ0n) is 15.6. The number of carbonyl (C=O) groups excluding carboxylic acids is 1. The number of nitrogens with one attached hydrogen (secondary N) is 2. The van der Waals surface area contributed by atoms with E-state index in [0.29, 0.717) is 13.1 Å². The Kier molecular flexibility index (Phi) is 9.96. The van der Waals surface area contributed by atoms with Crippen molar-refractivity contribution in [3.05, 3.63) is 35.4 Å². The van der Waals surface area contributed by atoms with Gasteiger partial charge in [-0.1, -0.05) is 45.0 Å². The zero-order valence-corrected chi connectivity index (χ0v) is 18.0. The van der Waals surface area contributed by atoms with Gasteiger partial charge in [-0.3, -0.25) is 9.79 Å². The molecule has 1 rings (SSSR count). The molecule has 1 aromatic rings. The molecule has 136 valence electrons. The van der Waals surface area contributed by atoms with E-state index in [1.165, 1.54) is 11.1 Å². The fourth-order valence-corrected chi connectivity index (χ4v) is 2.12. The second-order valence-electron chi connectivity index (χ2n) is 6.76. The van der Waals surface area contributed by atoms with Crippen molar-refractivity contribution in [2.45, 2.75) is 34.2 Å². The third-order valence-corrected chi connectivity index (χ3v) is 3.62. The quantitative estimate of drug-likeness (QED) is 0.317. The van der Waals surface area contributed by atoms with Crippen LogP contribution in [0.25, 0.3) is 0 Å². The lowest BCUT2D eigenvalue weighted by Gasteiger charge is -2.23. The van der Waals surface area contributed by atoms with Gasteiger partial charge in [-0.25, -0.2) is 0 Å². The van der Waals surface area contributed by atoms with Crippen molar-refractivity contribution in [1.82, 2.24) is 15.5 Å². The van der Waals surface area contributed by atoms with Crippen LogP contribution in [0.5, 0.6) is 0 Å². The Bertz CT molecular complexity index is 552. The molecule has 5 nitrogen and oxygen atoms in total. The van der Waals surface area contributed by atoms with Crippen molar-refractivity contribution in [3.63, 3.8) is 0 Å². The van der Waals surface area contributed by atoms with E-state index in [2.05, 4.69) is 39.6 Å². The fraction of sp³-hybridized carbons (Fsp3) is 0.556. The molecule has 1 aromatic carbocycles. The lowest BCUT2D eigenvalue weighted by atomic mass is 9.96. The van der Waals surface area contributed by atoms with Crippen LogP contribution in [0.15, 0.2) is 29.3 Å². The molecule has 0 spiro atoms. The summed E-state index contributed by atoms with van der Waals surface area (Å²) in [5.41, 5.74) is 2.19. The third-order valence-electron chi connectivity index (χ3n) is 3.62. The molecule has 0 atom stereocenters. The van der Waals surface area contributed by atoms with E-state index in [-0.39, 0.29) is 35.3 Å². The van der Waals surface area contributed by atoms with Gasteiger partial charge in [0.2, 0.25) is 5.91 Å². The second kappa shape index (κ2) is 10.5. The lowest BCUT2D eigenvalue weighted by molar-refractivity contribution is -0.128. The van der Waals surface area contributed by atoms with Crippen LogP contribution in [0.3, 0.4) is 0 Å². The number of amides is 1. The number of carbonyl (C=O) groups is 1. The minimum Gasteiger partial charge on any atom is -0.354 e. The predicted molar refractivity (Wildman–Crippen MR) is 112 cm³/mol. The van der Waals surface area contributed by atoms with E-state index in [1.807, 2.05) is 40.0 Å². The van der Waals surface area contributed by atoms with E-state index < -0.39 is 0 Å². The first-order valence-electron chi connectivity index (χ1n) is 8.00. The zero-order chi connectivity index (χ0) is 17.5. The summed E-state index contributed by atoms with van der Waals surface area (Å²) in [7, 11) is 3.78. The average Bonchev–Trinajstić information content (AvgIpc) is 2.48. The number of nitrogens with zero attached hydrogens (tertiary/aromatic N) is 2. The molecule has 0 aliphatic rings.